The van der Waals surface area contributed by atoms with Crippen molar-refractivity contribution in [3.05, 3.63) is 30.3 Å². The standard InChI is InChI=1S/C8H9NO3S/c1-2-6-5-7(13(10,11)12)3-4-8(6)9/h2-5H,1,9H2,(H,10,11,12). The molecule has 0 heterocycles. The van der Waals surface area contributed by atoms with E-state index in [1.807, 2.05) is 0 Å². The molecule has 0 fully saturated rings. The molecule has 0 saturated carbocycles. The van der Waals surface area contributed by atoms with Crippen LogP contribution in [0.3, 0.4) is 0 Å². The molecule has 0 unspecified atom stereocenters. The molecule has 5 heteroatoms. The molecule has 0 saturated heterocycles. The van der Waals surface area contributed by atoms with Crippen molar-refractivity contribution in [1.82, 2.24) is 0 Å². The lowest BCUT2D eigenvalue weighted by Crippen LogP contribution is -1.99. The van der Waals surface area contributed by atoms with E-state index in [9.17, 15) is 8.42 Å². The second-order valence-electron chi connectivity index (χ2n) is 2.47. The van der Waals surface area contributed by atoms with E-state index >= 15 is 0 Å². The topological polar surface area (TPSA) is 80.4 Å². The summed E-state index contributed by atoms with van der Waals surface area (Å²) in [7, 11) is -4.16. The van der Waals surface area contributed by atoms with E-state index in [2.05, 4.69) is 6.58 Å². The molecule has 4 nitrogen and oxygen atoms in total. The van der Waals surface area contributed by atoms with Gasteiger partial charge in [-0.1, -0.05) is 12.7 Å². The Balaban J connectivity index is 3.38. The third kappa shape index (κ3) is 2.07. The van der Waals surface area contributed by atoms with Crippen molar-refractivity contribution in [3.8, 4) is 0 Å². The molecule has 70 valence electrons. The first kappa shape index (κ1) is 9.76. The van der Waals surface area contributed by atoms with Gasteiger partial charge in [-0.25, -0.2) is 0 Å². The largest absolute Gasteiger partial charge is 0.398 e. The summed E-state index contributed by atoms with van der Waals surface area (Å²) in [4.78, 5) is -0.184. The highest BCUT2D eigenvalue weighted by Gasteiger charge is 2.09. The molecule has 1 aromatic carbocycles. The molecule has 0 bridgehead atoms. The quantitative estimate of drug-likeness (QED) is 0.553. The van der Waals surface area contributed by atoms with E-state index in [1.54, 1.807) is 0 Å². The first-order valence-corrected chi connectivity index (χ1v) is 4.88. The van der Waals surface area contributed by atoms with E-state index in [-0.39, 0.29) is 4.90 Å². The zero-order chi connectivity index (χ0) is 10.1. The summed E-state index contributed by atoms with van der Waals surface area (Å²) < 4.78 is 30.1. The average Bonchev–Trinajstić information content (AvgIpc) is 2.03. The zero-order valence-corrected chi connectivity index (χ0v) is 7.58. The van der Waals surface area contributed by atoms with Gasteiger partial charge in [-0.15, -0.1) is 0 Å². The van der Waals surface area contributed by atoms with Crippen LogP contribution < -0.4 is 5.73 Å². The molecule has 0 aliphatic heterocycles. The van der Waals surface area contributed by atoms with Crippen LogP contribution in [0.5, 0.6) is 0 Å². The first-order valence-electron chi connectivity index (χ1n) is 3.44. The van der Waals surface area contributed by atoms with Crippen molar-refractivity contribution >= 4 is 21.9 Å². The van der Waals surface area contributed by atoms with E-state index in [1.165, 1.54) is 24.3 Å². The minimum Gasteiger partial charge on any atom is -0.398 e. The Hall–Kier alpha value is -1.33. The second-order valence-corrected chi connectivity index (χ2v) is 3.89. The van der Waals surface area contributed by atoms with Gasteiger partial charge in [0.2, 0.25) is 0 Å². The predicted molar refractivity (Wildman–Crippen MR) is 50.8 cm³/mol. The van der Waals surface area contributed by atoms with Crippen LogP contribution in [0.1, 0.15) is 5.56 Å². The summed E-state index contributed by atoms with van der Waals surface area (Å²) >= 11 is 0. The van der Waals surface area contributed by atoms with E-state index < -0.39 is 10.1 Å². The highest BCUT2D eigenvalue weighted by molar-refractivity contribution is 7.85. The summed E-state index contributed by atoms with van der Waals surface area (Å²) in [6.45, 7) is 3.46. The summed E-state index contributed by atoms with van der Waals surface area (Å²) in [6.07, 6.45) is 1.42. The molecule has 0 aromatic heterocycles. The molecule has 13 heavy (non-hydrogen) atoms. The van der Waals surface area contributed by atoms with Gasteiger partial charge in [0, 0.05) is 5.69 Å². The fraction of sp³-hybridized carbons (Fsp3) is 0. The van der Waals surface area contributed by atoms with Gasteiger partial charge in [0.05, 0.1) is 4.90 Å². The van der Waals surface area contributed by atoms with Crippen LogP contribution in [0.15, 0.2) is 29.7 Å². The van der Waals surface area contributed by atoms with Gasteiger partial charge in [0.25, 0.3) is 10.1 Å². The normalized spacial score (nSPS) is 11.2. The molecule has 0 aliphatic carbocycles. The van der Waals surface area contributed by atoms with Crippen LogP contribution in [-0.2, 0) is 10.1 Å². The van der Waals surface area contributed by atoms with E-state index in [0.717, 1.165) is 0 Å². The Bertz CT molecular complexity index is 437. The van der Waals surface area contributed by atoms with Crippen LogP contribution in [0, 0.1) is 0 Å². The fourth-order valence-corrected chi connectivity index (χ4v) is 1.41. The second kappa shape index (κ2) is 3.20. The van der Waals surface area contributed by atoms with Gasteiger partial charge in [0.15, 0.2) is 0 Å². The number of anilines is 1. The third-order valence-corrected chi connectivity index (χ3v) is 2.43. The van der Waals surface area contributed by atoms with E-state index in [0.29, 0.717) is 11.3 Å². The predicted octanol–water partition coefficient (Wildman–Crippen LogP) is 1.16. The minimum absolute atomic E-state index is 0.184. The SMILES string of the molecule is C=Cc1cc(S(=O)(=O)O)ccc1N. The van der Waals surface area contributed by atoms with Crippen LogP contribution in [-0.4, -0.2) is 13.0 Å². The molecular weight excluding hydrogens is 190 g/mol. The maximum Gasteiger partial charge on any atom is 0.294 e. The lowest BCUT2D eigenvalue weighted by atomic mass is 10.2. The van der Waals surface area contributed by atoms with Crippen molar-refractivity contribution in [2.75, 3.05) is 5.73 Å². The Morgan fingerprint density at radius 2 is 2.08 bits per heavy atom. The highest BCUT2D eigenvalue weighted by atomic mass is 32.2. The van der Waals surface area contributed by atoms with Crippen molar-refractivity contribution in [3.63, 3.8) is 0 Å². The zero-order valence-electron chi connectivity index (χ0n) is 6.77. The van der Waals surface area contributed by atoms with Crippen LogP contribution in [0.25, 0.3) is 6.08 Å². The molecule has 1 aromatic rings. The lowest BCUT2D eigenvalue weighted by Gasteiger charge is -2.01. The molecule has 0 spiro atoms. The summed E-state index contributed by atoms with van der Waals surface area (Å²) in [5, 5.41) is 0. The van der Waals surface area contributed by atoms with Crippen LogP contribution >= 0.6 is 0 Å². The van der Waals surface area contributed by atoms with Crippen LogP contribution in [0.2, 0.25) is 0 Å². The first-order chi connectivity index (χ1) is 5.95. The van der Waals surface area contributed by atoms with Crippen LogP contribution in [0.4, 0.5) is 5.69 Å². The summed E-state index contributed by atoms with van der Waals surface area (Å²) in [6, 6.07) is 3.90. The number of nitrogens with two attached hydrogens (primary N) is 1. The van der Waals surface area contributed by atoms with Gasteiger partial charge in [-0.2, -0.15) is 8.42 Å². The maximum atomic E-state index is 10.7. The van der Waals surface area contributed by atoms with Gasteiger partial charge in [0.1, 0.15) is 0 Å². The average molecular weight is 199 g/mol. The smallest absolute Gasteiger partial charge is 0.294 e. The van der Waals surface area contributed by atoms with E-state index in [4.69, 9.17) is 10.3 Å². The molecule has 0 amide bonds. The number of hydrogen-bond donors (Lipinski definition) is 2. The lowest BCUT2D eigenvalue weighted by molar-refractivity contribution is 0.483. The molecular formula is C8H9NO3S. The Labute approximate surface area is 76.4 Å². The monoisotopic (exact) mass is 199 g/mol. The van der Waals surface area contributed by atoms with Gasteiger partial charge in [-0.05, 0) is 23.8 Å². The molecule has 0 radical (unpaired) electrons. The number of hydrogen-bond acceptors (Lipinski definition) is 3. The van der Waals surface area contributed by atoms with Gasteiger partial charge >= 0.3 is 0 Å². The van der Waals surface area contributed by atoms with Crippen molar-refractivity contribution in [2.45, 2.75) is 4.90 Å². The Kier molecular flexibility index (Phi) is 2.40. The molecule has 0 atom stereocenters. The molecule has 1 rings (SSSR count). The Morgan fingerprint density at radius 3 is 2.54 bits per heavy atom. The van der Waals surface area contributed by atoms with Crippen molar-refractivity contribution < 1.29 is 13.0 Å². The van der Waals surface area contributed by atoms with Crippen molar-refractivity contribution in [2.24, 2.45) is 0 Å². The minimum atomic E-state index is -4.16. The third-order valence-electron chi connectivity index (χ3n) is 1.58. The van der Waals surface area contributed by atoms with Gasteiger partial charge < -0.3 is 5.73 Å². The number of nitrogen functional groups attached to an aromatic ring is 1. The molecule has 0 aliphatic rings. The van der Waals surface area contributed by atoms with Gasteiger partial charge in [-0.3, -0.25) is 4.55 Å². The highest BCUT2D eigenvalue weighted by Crippen LogP contribution is 2.18. The number of rotatable bonds is 2. The fourth-order valence-electron chi connectivity index (χ4n) is 0.890. The summed E-state index contributed by atoms with van der Waals surface area (Å²) in [5.74, 6) is 0. The Morgan fingerprint density at radius 1 is 1.46 bits per heavy atom. The molecule has 3 N–H and O–H groups in total. The number of benzene rings is 1. The maximum absolute atomic E-state index is 10.7. The summed E-state index contributed by atoms with van der Waals surface area (Å²) in [5.41, 5.74) is 6.40. The van der Waals surface area contributed by atoms with Crippen molar-refractivity contribution in [1.29, 1.82) is 0 Å².